The van der Waals surface area contributed by atoms with Gasteiger partial charge < -0.3 is 9.80 Å². The van der Waals surface area contributed by atoms with Crippen molar-refractivity contribution < 1.29 is 4.79 Å². The maximum Gasteiger partial charge on any atom is 0.329 e. The van der Waals surface area contributed by atoms with Gasteiger partial charge >= 0.3 is 5.69 Å². The summed E-state index contributed by atoms with van der Waals surface area (Å²) in [7, 11) is 2.08. The van der Waals surface area contributed by atoms with Crippen molar-refractivity contribution in [3.8, 4) is 0 Å². The van der Waals surface area contributed by atoms with Gasteiger partial charge in [-0.05, 0) is 31.2 Å². The largest absolute Gasteiger partial charge is 0.332 e. The van der Waals surface area contributed by atoms with Crippen LogP contribution in [0.5, 0.6) is 0 Å². The van der Waals surface area contributed by atoms with Crippen molar-refractivity contribution in [1.29, 1.82) is 0 Å². The second-order valence-corrected chi connectivity index (χ2v) is 7.78. The highest BCUT2D eigenvalue weighted by Gasteiger charge is 2.30. The molecule has 1 fully saturated rings. The second kappa shape index (κ2) is 8.25. The molecule has 0 spiro atoms. The van der Waals surface area contributed by atoms with Gasteiger partial charge in [-0.25, -0.2) is 4.79 Å². The number of hydrogen-bond acceptors (Lipinski definition) is 3. The van der Waals surface area contributed by atoms with Gasteiger partial charge in [0.25, 0.3) is 0 Å². The molecule has 1 aliphatic heterocycles. The minimum atomic E-state index is -0.105. The van der Waals surface area contributed by atoms with Crippen LogP contribution in [0.25, 0.3) is 11.0 Å². The van der Waals surface area contributed by atoms with E-state index in [1.807, 2.05) is 47.4 Å². The van der Waals surface area contributed by atoms with Gasteiger partial charge in [-0.1, -0.05) is 49.4 Å². The number of amides is 1. The minimum absolute atomic E-state index is 0.00198. The van der Waals surface area contributed by atoms with Crippen LogP contribution in [-0.2, 0) is 17.9 Å². The number of carbonyl (C=O) groups excluding carboxylic acids is 1. The molecule has 152 valence electrons. The molecule has 0 bridgehead atoms. The van der Waals surface area contributed by atoms with Crippen LogP contribution in [0.2, 0.25) is 0 Å². The van der Waals surface area contributed by atoms with Crippen LogP contribution in [0.1, 0.15) is 24.9 Å². The molecule has 6 nitrogen and oxygen atoms in total. The summed E-state index contributed by atoms with van der Waals surface area (Å²) in [6.07, 6.45) is 0.871. The summed E-state index contributed by atoms with van der Waals surface area (Å²) < 4.78 is 3.41. The molecule has 1 saturated heterocycles. The Morgan fingerprint density at radius 3 is 2.31 bits per heavy atom. The zero-order chi connectivity index (χ0) is 20.4. The van der Waals surface area contributed by atoms with Crippen LogP contribution in [0, 0.1) is 0 Å². The number of aromatic nitrogens is 2. The van der Waals surface area contributed by atoms with E-state index in [1.165, 1.54) is 0 Å². The highest BCUT2D eigenvalue weighted by molar-refractivity contribution is 5.81. The first kappa shape index (κ1) is 19.5. The Hall–Kier alpha value is -2.86. The van der Waals surface area contributed by atoms with Crippen molar-refractivity contribution in [3.05, 3.63) is 70.6 Å². The van der Waals surface area contributed by atoms with Crippen molar-refractivity contribution >= 4 is 16.9 Å². The van der Waals surface area contributed by atoms with Gasteiger partial charge in [0.15, 0.2) is 0 Å². The maximum absolute atomic E-state index is 13.4. The molecule has 4 rings (SSSR count). The van der Waals surface area contributed by atoms with Crippen LogP contribution in [0.4, 0.5) is 0 Å². The molecule has 6 heteroatoms. The molecule has 3 aromatic rings. The van der Waals surface area contributed by atoms with Crippen LogP contribution in [-0.4, -0.2) is 51.5 Å². The predicted molar refractivity (Wildman–Crippen MR) is 115 cm³/mol. The SMILES string of the molecule is CCCn1c(=O)n(CC(=O)N2CCN(C)C[C@@H]2c2ccccc2)c2ccccc21. The molecule has 0 N–H and O–H groups in total. The fourth-order valence-electron chi connectivity index (χ4n) is 4.27. The van der Waals surface area contributed by atoms with Gasteiger partial charge in [-0.2, -0.15) is 0 Å². The number of fused-ring (bicyclic) bond motifs is 1. The molecule has 0 aliphatic carbocycles. The zero-order valence-electron chi connectivity index (χ0n) is 17.1. The van der Waals surface area contributed by atoms with E-state index in [2.05, 4.69) is 31.0 Å². The van der Waals surface area contributed by atoms with E-state index in [0.29, 0.717) is 13.1 Å². The lowest BCUT2D eigenvalue weighted by molar-refractivity contribution is -0.136. The van der Waals surface area contributed by atoms with Crippen LogP contribution < -0.4 is 5.69 Å². The third-order valence-corrected chi connectivity index (χ3v) is 5.75. The van der Waals surface area contributed by atoms with E-state index in [4.69, 9.17) is 0 Å². The molecule has 1 aliphatic rings. The number of hydrogen-bond donors (Lipinski definition) is 0. The van der Waals surface area contributed by atoms with Crippen LogP contribution in [0.3, 0.4) is 0 Å². The molecule has 2 aromatic carbocycles. The van der Waals surface area contributed by atoms with Gasteiger partial charge in [0.2, 0.25) is 5.91 Å². The Balaban J connectivity index is 1.67. The van der Waals surface area contributed by atoms with E-state index in [9.17, 15) is 9.59 Å². The summed E-state index contributed by atoms with van der Waals surface area (Å²) in [5.41, 5.74) is 2.75. The Morgan fingerprint density at radius 2 is 1.62 bits per heavy atom. The Bertz CT molecular complexity index is 1050. The Labute approximate surface area is 171 Å². The second-order valence-electron chi connectivity index (χ2n) is 7.78. The monoisotopic (exact) mass is 392 g/mol. The molecule has 1 atom stereocenters. The standard InChI is InChI=1S/C23H28N4O2/c1-3-13-26-19-11-7-8-12-20(19)27(23(26)29)17-22(28)25-15-14-24(2)16-21(25)18-9-5-4-6-10-18/h4-12,21H,3,13-17H2,1-2H3/t21-/m1/s1. The van der Waals surface area contributed by atoms with Gasteiger partial charge in [0.1, 0.15) is 6.54 Å². The maximum atomic E-state index is 13.4. The molecular weight excluding hydrogens is 364 g/mol. The molecule has 1 aromatic heterocycles. The van der Waals surface area contributed by atoms with Crippen LogP contribution in [0.15, 0.2) is 59.4 Å². The van der Waals surface area contributed by atoms with Crippen molar-refractivity contribution in [1.82, 2.24) is 18.9 Å². The summed E-state index contributed by atoms with van der Waals surface area (Å²) in [5, 5.41) is 0. The topological polar surface area (TPSA) is 50.5 Å². The number of imidazole rings is 1. The van der Waals surface area contributed by atoms with Crippen molar-refractivity contribution in [3.63, 3.8) is 0 Å². The van der Waals surface area contributed by atoms with E-state index in [-0.39, 0.29) is 24.2 Å². The molecule has 1 amide bonds. The lowest BCUT2D eigenvalue weighted by Crippen LogP contribution is -2.50. The third-order valence-electron chi connectivity index (χ3n) is 5.75. The number of carbonyl (C=O) groups is 1. The molecule has 0 saturated carbocycles. The van der Waals surface area contributed by atoms with Crippen molar-refractivity contribution in [2.45, 2.75) is 32.5 Å². The van der Waals surface area contributed by atoms with E-state index >= 15 is 0 Å². The molecule has 0 radical (unpaired) electrons. The third kappa shape index (κ3) is 3.72. The first-order valence-corrected chi connectivity index (χ1v) is 10.3. The quantitative estimate of drug-likeness (QED) is 0.671. The van der Waals surface area contributed by atoms with E-state index in [1.54, 1.807) is 9.13 Å². The smallest absolute Gasteiger partial charge is 0.329 e. The normalized spacial score (nSPS) is 17.7. The minimum Gasteiger partial charge on any atom is -0.332 e. The average Bonchev–Trinajstić information content (AvgIpc) is 3.00. The highest BCUT2D eigenvalue weighted by Crippen LogP contribution is 2.25. The summed E-state index contributed by atoms with van der Waals surface area (Å²) in [4.78, 5) is 30.6. The summed E-state index contributed by atoms with van der Waals surface area (Å²) in [6, 6.07) is 17.9. The number of benzene rings is 2. The van der Waals surface area contributed by atoms with Gasteiger partial charge in [-0.15, -0.1) is 0 Å². The zero-order valence-corrected chi connectivity index (χ0v) is 17.1. The number of piperazine rings is 1. The first-order chi connectivity index (χ1) is 14.1. The van der Waals surface area contributed by atoms with Gasteiger partial charge in [0.05, 0.1) is 17.1 Å². The molecular formula is C23H28N4O2. The summed E-state index contributed by atoms with van der Waals surface area (Å²) in [5.74, 6) is -0.00606. The Kier molecular flexibility index (Phi) is 5.53. The van der Waals surface area contributed by atoms with Gasteiger partial charge in [0, 0.05) is 26.2 Å². The number of rotatable bonds is 5. The fraction of sp³-hybridized carbons (Fsp3) is 0.391. The predicted octanol–water partition coefficient (Wildman–Crippen LogP) is 2.73. The molecule has 29 heavy (non-hydrogen) atoms. The summed E-state index contributed by atoms with van der Waals surface area (Å²) >= 11 is 0. The summed E-state index contributed by atoms with van der Waals surface area (Å²) in [6.45, 7) is 5.07. The average molecular weight is 393 g/mol. The lowest BCUT2D eigenvalue weighted by atomic mass is 10.0. The van der Waals surface area contributed by atoms with E-state index < -0.39 is 0 Å². The van der Waals surface area contributed by atoms with E-state index in [0.717, 1.165) is 36.1 Å². The first-order valence-electron chi connectivity index (χ1n) is 10.3. The number of aryl methyl sites for hydroxylation is 1. The number of likely N-dealkylation sites (N-methyl/N-ethyl adjacent to an activating group) is 1. The van der Waals surface area contributed by atoms with Crippen molar-refractivity contribution in [2.24, 2.45) is 0 Å². The lowest BCUT2D eigenvalue weighted by Gasteiger charge is -2.40. The number of para-hydroxylation sites is 2. The van der Waals surface area contributed by atoms with Crippen LogP contribution >= 0.6 is 0 Å². The Morgan fingerprint density at radius 1 is 0.966 bits per heavy atom. The number of nitrogens with zero attached hydrogens (tertiary/aromatic N) is 4. The van der Waals surface area contributed by atoms with Crippen molar-refractivity contribution in [2.75, 3.05) is 26.7 Å². The highest BCUT2D eigenvalue weighted by atomic mass is 16.2. The van der Waals surface area contributed by atoms with Gasteiger partial charge in [-0.3, -0.25) is 13.9 Å². The molecule has 2 heterocycles. The fourth-order valence-corrected chi connectivity index (χ4v) is 4.27. The molecule has 0 unspecified atom stereocenters.